The Morgan fingerprint density at radius 1 is 1.29 bits per heavy atom. The first-order valence-electron chi connectivity index (χ1n) is 6.05. The molecule has 0 aliphatic carbocycles. The van der Waals surface area contributed by atoms with Gasteiger partial charge in [-0.1, -0.05) is 0 Å². The van der Waals surface area contributed by atoms with Crippen LogP contribution >= 0.6 is 0 Å². The quantitative estimate of drug-likeness (QED) is 0.772. The molecule has 2 rings (SSSR count). The minimum atomic E-state index is 0.599. The van der Waals surface area contributed by atoms with Gasteiger partial charge < -0.3 is 4.90 Å². The summed E-state index contributed by atoms with van der Waals surface area (Å²) in [7, 11) is 0. The molecule has 1 aliphatic heterocycles. The van der Waals surface area contributed by atoms with Crippen LogP contribution in [0.3, 0.4) is 0 Å². The number of rotatable bonds is 2. The summed E-state index contributed by atoms with van der Waals surface area (Å²) in [6, 6.07) is 4.61. The largest absolute Gasteiger partial charge is 0.367 e. The first-order valence-corrected chi connectivity index (χ1v) is 6.05. The Balaban J connectivity index is 2.08. The Hall–Kier alpha value is -1.60. The van der Waals surface area contributed by atoms with Gasteiger partial charge in [0.05, 0.1) is 17.4 Å². The minimum Gasteiger partial charge on any atom is -0.367 e. The third-order valence-corrected chi connectivity index (χ3v) is 3.31. The van der Waals surface area contributed by atoms with E-state index >= 15 is 0 Å². The highest BCUT2D eigenvalue weighted by Crippen LogP contribution is 2.20. The predicted octanol–water partition coefficient (Wildman–Crippen LogP) is 1.48. The van der Waals surface area contributed by atoms with E-state index in [4.69, 9.17) is 5.26 Å². The molecule has 4 heteroatoms. The molecular formula is C13H18N4. The summed E-state index contributed by atoms with van der Waals surface area (Å²) in [5.41, 5.74) is 1.69. The number of aromatic nitrogens is 1. The van der Waals surface area contributed by atoms with Crippen molar-refractivity contribution >= 4 is 5.69 Å². The van der Waals surface area contributed by atoms with Gasteiger partial charge in [0, 0.05) is 38.4 Å². The van der Waals surface area contributed by atoms with Gasteiger partial charge >= 0.3 is 0 Å². The van der Waals surface area contributed by atoms with Crippen LogP contribution in [0.4, 0.5) is 5.69 Å². The van der Waals surface area contributed by atoms with Gasteiger partial charge in [-0.3, -0.25) is 9.88 Å². The molecule has 17 heavy (non-hydrogen) atoms. The van der Waals surface area contributed by atoms with Crippen LogP contribution in [0.5, 0.6) is 0 Å². The van der Waals surface area contributed by atoms with Crippen molar-refractivity contribution in [1.29, 1.82) is 5.26 Å². The van der Waals surface area contributed by atoms with E-state index in [0.29, 0.717) is 6.04 Å². The summed E-state index contributed by atoms with van der Waals surface area (Å²) in [4.78, 5) is 8.83. The fourth-order valence-electron chi connectivity index (χ4n) is 2.21. The van der Waals surface area contributed by atoms with Crippen molar-refractivity contribution in [2.24, 2.45) is 0 Å². The number of pyridine rings is 1. The summed E-state index contributed by atoms with van der Waals surface area (Å²) in [6.07, 6.45) is 3.47. The van der Waals surface area contributed by atoms with E-state index in [-0.39, 0.29) is 0 Å². The maximum absolute atomic E-state index is 9.07. The summed E-state index contributed by atoms with van der Waals surface area (Å²) in [6.45, 7) is 8.49. The van der Waals surface area contributed by atoms with Crippen molar-refractivity contribution in [3.8, 4) is 6.07 Å². The van der Waals surface area contributed by atoms with Crippen molar-refractivity contribution in [3.05, 3.63) is 24.0 Å². The monoisotopic (exact) mass is 230 g/mol. The van der Waals surface area contributed by atoms with Gasteiger partial charge in [-0.05, 0) is 19.9 Å². The van der Waals surface area contributed by atoms with Gasteiger partial charge in [0.15, 0.2) is 0 Å². The van der Waals surface area contributed by atoms with Crippen LogP contribution < -0.4 is 4.90 Å². The zero-order valence-corrected chi connectivity index (χ0v) is 10.4. The average molecular weight is 230 g/mol. The molecule has 0 atom stereocenters. The smallest absolute Gasteiger partial charge is 0.101 e. The Bertz CT molecular complexity index is 414. The summed E-state index contributed by atoms with van der Waals surface area (Å²) in [5, 5.41) is 9.07. The van der Waals surface area contributed by atoms with Crippen LogP contribution in [0.25, 0.3) is 0 Å². The highest BCUT2D eigenvalue weighted by Gasteiger charge is 2.20. The van der Waals surface area contributed by atoms with Crippen molar-refractivity contribution in [3.63, 3.8) is 0 Å². The first kappa shape index (κ1) is 11.9. The predicted molar refractivity (Wildman–Crippen MR) is 67.9 cm³/mol. The molecule has 0 amide bonds. The molecule has 0 unspecified atom stereocenters. The van der Waals surface area contributed by atoms with Crippen molar-refractivity contribution in [2.45, 2.75) is 19.9 Å². The Morgan fingerprint density at radius 3 is 2.59 bits per heavy atom. The Morgan fingerprint density at radius 2 is 2.00 bits per heavy atom. The second kappa shape index (κ2) is 5.15. The number of anilines is 1. The van der Waals surface area contributed by atoms with E-state index in [2.05, 4.69) is 34.7 Å². The molecule has 0 radical (unpaired) electrons. The maximum Gasteiger partial charge on any atom is 0.101 e. The molecule has 1 aromatic rings. The summed E-state index contributed by atoms with van der Waals surface area (Å²) in [5.74, 6) is 0. The van der Waals surface area contributed by atoms with E-state index in [1.807, 2.05) is 0 Å². The maximum atomic E-state index is 9.07. The number of nitrogens with zero attached hydrogens (tertiary/aromatic N) is 4. The second-order valence-corrected chi connectivity index (χ2v) is 4.62. The van der Waals surface area contributed by atoms with Crippen molar-refractivity contribution < 1.29 is 0 Å². The van der Waals surface area contributed by atoms with Gasteiger partial charge in [0.1, 0.15) is 6.07 Å². The highest BCUT2D eigenvalue weighted by atomic mass is 15.3. The Labute approximate surface area is 102 Å². The first-order chi connectivity index (χ1) is 8.22. The molecule has 1 aromatic heterocycles. The number of piperazine rings is 1. The van der Waals surface area contributed by atoms with Gasteiger partial charge in [-0.25, -0.2) is 0 Å². The molecule has 2 heterocycles. The molecule has 0 spiro atoms. The zero-order chi connectivity index (χ0) is 12.3. The van der Waals surface area contributed by atoms with Gasteiger partial charge in [-0.2, -0.15) is 5.26 Å². The van der Waals surface area contributed by atoms with E-state index in [1.165, 1.54) is 0 Å². The Kier molecular flexibility index (Phi) is 3.60. The molecule has 1 saturated heterocycles. The SMILES string of the molecule is CC(C)N1CCN(c2cnccc2C#N)CC1. The summed E-state index contributed by atoms with van der Waals surface area (Å²) < 4.78 is 0. The molecule has 0 saturated carbocycles. The lowest BCUT2D eigenvalue weighted by Gasteiger charge is -2.38. The van der Waals surface area contributed by atoms with Crippen LogP contribution in [0.15, 0.2) is 18.5 Å². The van der Waals surface area contributed by atoms with Crippen LogP contribution in [0.1, 0.15) is 19.4 Å². The molecule has 0 N–H and O–H groups in total. The number of hydrogen-bond donors (Lipinski definition) is 0. The van der Waals surface area contributed by atoms with E-state index in [0.717, 1.165) is 37.4 Å². The molecule has 4 nitrogen and oxygen atoms in total. The van der Waals surface area contributed by atoms with Crippen LogP contribution in [-0.2, 0) is 0 Å². The lowest BCUT2D eigenvalue weighted by Crippen LogP contribution is -2.49. The number of nitriles is 1. The lowest BCUT2D eigenvalue weighted by atomic mass is 10.2. The van der Waals surface area contributed by atoms with Crippen LogP contribution in [0.2, 0.25) is 0 Å². The fraction of sp³-hybridized carbons (Fsp3) is 0.538. The lowest BCUT2D eigenvalue weighted by molar-refractivity contribution is 0.209. The van der Waals surface area contributed by atoms with E-state index in [1.54, 1.807) is 18.5 Å². The molecule has 1 aliphatic rings. The molecular weight excluding hydrogens is 212 g/mol. The van der Waals surface area contributed by atoms with Gasteiger partial charge in [0.25, 0.3) is 0 Å². The minimum absolute atomic E-state index is 0.599. The topological polar surface area (TPSA) is 43.2 Å². The number of hydrogen-bond acceptors (Lipinski definition) is 4. The van der Waals surface area contributed by atoms with E-state index < -0.39 is 0 Å². The normalized spacial score (nSPS) is 17.2. The second-order valence-electron chi connectivity index (χ2n) is 4.62. The molecule has 0 aromatic carbocycles. The third-order valence-electron chi connectivity index (χ3n) is 3.31. The van der Waals surface area contributed by atoms with Crippen LogP contribution in [-0.4, -0.2) is 42.1 Å². The van der Waals surface area contributed by atoms with Crippen molar-refractivity contribution in [1.82, 2.24) is 9.88 Å². The molecule has 0 bridgehead atoms. The molecule has 1 fully saturated rings. The summed E-state index contributed by atoms with van der Waals surface area (Å²) >= 11 is 0. The zero-order valence-electron chi connectivity index (χ0n) is 10.4. The standard InChI is InChI=1S/C13H18N4/c1-11(2)16-5-7-17(8-6-16)13-10-15-4-3-12(13)9-14/h3-4,10-11H,5-8H2,1-2H3. The van der Waals surface area contributed by atoms with Crippen LogP contribution in [0, 0.1) is 11.3 Å². The highest BCUT2D eigenvalue weighted by molar-refractivity contribution is 5.57. The van der Waals surface area contributed by atoms with Gasteiger partial charge in [-0.15, -0.1) is 0 Å². The third kappa shape index (κ3) is 2.56. The van der Waals surface area contributed by atoms with Crippen molar-refractivity contribution in [2.75, 3.05) is 31.1 Å². The average Bonchev–Trinajstić information content (AvgIpc) is 2.39. The van der Waals surface area contributed by atoms with Gasteiger partial charge in [0.2, 0.25) is 0 Å². The van der Waals surface area contributed by atoms with E-state index in [9.17, 15) is 0 Å². The fourth-order valence-corrected chi connectivity index (χ4v) is 2.21. The molecule has 90 valence electrons.